The Morgan fingerprint density at radius 3 is 2.03 bits per heavy atom. The van der Waals surface area contributed by atoms with Gasteiger partial charge in [0.1, 0.15) is 18.3 Å². The Kier molecular flexibility index (Phi) is 8.01. The van der Waals surface area contributed by atoms with Crippen molar-refractivity contribution in [3.05, 3.63) is 0 Å². The van der Waals surface area contributed by atoms with Crippen molar-refractivity contribution in [1.29, 1.82) is 0 Å². The van der Waals surface area contributed by atoms with Gasteiger partial charge in [-0.05, 0) is 32.0 Å². The number of carbonyl (C=O) groups is 3. The molecule has 3 rings (SSSR count). The average Bonchev–Trinajstić information content (AvgIpc) is 3.12. The van der Waals surface area contributed by atoms with Crippen molar-refractivity contribution in [3.63, 3.8) is 0 Å². The van der Waals surface area contributed by atoms with E-state index in [0.717, 1.165) is 0 Å². The zero-order valence-corrected chi connectivity index (χ0v) is 23.9. The van der Waals surface area contributed by atoms with Crippen LogP contribution in [0.25, 0.3) is 0 Å². The van der Waals surface area contributed by atoms with E-state index in [1.54, 1.807) is 13.8 Å². The van der Waals surface area contributed by atoms with Crippen LogP contribution in [0.2, 0.25) is 18.1 Å². The van der Waals surface area contributed by atoms with Gasteiger partial charge < -0.3 is 37.6 Å². The minimum Gasteiger partial charge on any atom is -0.458 e. The van der Waals surface area contributed by atoms with Gasteiger partial charge in [-0.25, -0.2) is 0 Å². The molecule has 11 nitrogen and oxygen atoms in total. The van der Waals surface area contributed by atoms with Crippen LogP contribution >= 0.6 is 0 Å². The van der Waals surface area contributed by atoms with Crippen molar-refractivity contribution >= 4 is 26.2 Å². The van der Waals surface area contributed by atoms with Crippen molar-refractivity contribution in [2.45, 2.75) is 128 Å². The van der Waals surface area contributed by atoms with E-state index < -0.39 is 74.6 Å². The molecule has 0 aromatic carbocycles. The molecule has 3 aliphatic rings. The number of fused-ring (bicyclic) bond motifs is 2. The monoisotopic (exact) mass is 532 g/mol. The van der Waals surface area contributed by atoms with E-state index in [1.165, 1.54) is 20.8 Å². The highest BCUT2D eigenvalue weighted by Crippen LogP contribution is 2.52. The van der Waals surface area contributed by atoms with Crippen LogP contribution in [0.1, 0.15) is 61.8 Å². The smallest absolute Gasteiger partial charge is 0.304 e. The summed E-state index contributed by atoms with van der Waals surface area (Å²) in [6.45, 7) is 17.8. The molecule has 0 N–H and O–H groups in total. The van der Waals surface area contributed by atoms with Crippen LogP contribution in [-0.4, -0.2) is 81.2 Å². The Balaban J connectivity index is 2.10. The second kappa shape index (κ2) is 9.95. The number of carbonyl (C=O) groups excluding carboxylic acids is 3. The van der Waals surface area contributed by atoms with E-state index in [2.05, 4.69) is 33.9 Å². The summed E-state index contributed by atoms with van der Waals surface area (Å²) in [6.07, 6.45) is -5.97. The van der Waals surface area contributed by atoms with E-state index in [-0.39, 0.29) is 18.1 Å². The highest BCUT2D eigenvalue weighted by molar-refractivity contribution is 6.74. The molecule has 0 aromatic heterocycles. The molecular formula is C24H40O11Si. The quantitative estimate of drug-likeness (QED) is 0.285. The van der Waals surface area contributed by atoms with Gasteiger partial charge in [0.05, 0.1) is 13.0 Å². The molecule has 12 heteroatoms. The third-order valence-corrected chi connectivity index (χ3v) is 11.7. The molecule has 0 amide bonds. The minimum atomic E-state index is -2.25. The van der Waals surface area contributed by atoms with Gasteiger partial charge in [-0.2, -0.15) is 0 Å². The normalized spacial score (nSPS) is 35.8. The summed E-state index contributed by atoms with van der Waals surface area (Å²) in [7, 11) is -2.25. The number of esters is 3. The van der Waals surface area contributed by atoms with E-state index in [1.807, 2.05) is 0 Å². The fourth-order valence-corrected chi connectivity index (χ4v) is 5.62. The molecule has 3 fully saturated rings. The van der Waals surface area contributed by atoms with Crippen molar-refractivity contribution in [3.8, 4) is 0 Å². The van der Waals surface area contributed by atoms with Gasteiger partial charge in [0.15, 0.2) is 32.1 Å². The zero-order chi connectivity index (χ0) is 27.3. The van der Waals surface area contributed by atoms with Gasteiger partial charge in [0, 0.05) is 20.8 Å². The molecule has 3 saturated heterocycles. The molecule has 3 heterocycles. The van der Waals surface area contributed by atoms with Crippen molar-refractivity contribution in [2.75, 3.05) is 6.61 Å². The Morgan fingerprint density at radius 2 is 1.50 bits per heavy atom. The molecule has 206 valence electrons. The molecule has 0 saturated carbocycles. The summed E-state index contributed by atoms with van der Waals surface area (Å²) >= 11 is 0. The lowest BCUT2D eigenvalue weighted by molar-refractivity contribution is -0.331. The first-order valence-corrected chi connectivity index (χ1v) is 15.1. The van der Waals surface area contributed by atoms with Gasteiger partial charge >= 0.3 is 17.9 Å². The number of ether oxygens (including phenoxy) is 7. The summed E-state index contributed by atoms with van der Waals surface area (Å²) in [5, 5.41) is -0.0904. The molecule has 7 atom stereocenters. The topological polar surface area (TPSA) is 125 Å². The van der Waals surface area contributed by atoms with Crippen LogP contribution < -0.4 is 0 Å². The summed E-state index contributed by atoms with van der Waals surface area (Å²) in [4.78, 5) is 36.2. The van der Waals surface area contributed by atoms with Crippen molar-refractivity contribution < 1.29 is 52.0 Å². The highest BCUT2D eigenvalue weighted by Gasteiger charge is 2.73. The standard InChI is InChI=1S/C24H40O11Si/c1-13(25)29-16-11-18(30-14(2)26)33-24(19(16)31-15(3)27)17(12-28-36(9,10)22(4,5)6)32-21-20(24)34-23(7,8)35-21/h16-21H,11-12H2,1-10H3/t16-,17-,18-,19-,20+,21-,24+/m1/s1. The van der Waals surface area contributed by atoms with E-state index in [9.17, 15) is 14.4 Å². The molecule has 0 bridgehead atoms. The molecule has 0 unspecified atom stereocenters. The average molecular weight is 533 g/mol. The maximum atomic E-state index is 12.3. The maximum absolute atomic E-state index is 12.3. The summed E-state index contributed by atoms with van der Waals surface area (Å²) < 4.78 is 48.2. The number of hydrogen-bond donors (Lipinski definition) is 0. The Morgan fingerprint density at radius 1 is 0.917 bits per heavy atom. The largest absolute Gasteiger partial charge is 0.458 e. The van der Waals surface area contributed by atoms with Crippen LogP contribution in [0.4, 0.5) is 0 Å². The highest BCUT2D eigenvalue weighted by atomic mass is 28.4. The third-order valence-electron chi connectivity index (χ3n) is 7.16. The van der Waals surface area contributed by atoms with Crippen LogP contribution in [0, 0.1) is 0 Å². The van der Waals surface area contributed by atoms with Gasteiger partial charge in [0.2, 0.25) is 6.29 Å². The summed E-state index contributed by atoms with van der Waals surface area (Å²) in [5.74, 6) is -2.83. The first-order valence-electron chi connectivity index (χ1n) is 12.2. The molecule has 0 aromatic rings. The Labute approximate surface area is 213 Å². The lowest BCUT2D eigenvalue weighted by Gasteiger charge is -2.50. The van der Waals surface area contributed by atoms with Crippen LogP contribution in [-0.2, 0) is 52.0 Å². The summed E-state index contributed by atoms with van der Waals surface area (Å²) in [5.41, 5.74) is -1.56. The van der Waals surface area contributed by atoms with E-state index in [4.69, 9.17) is 37.6 Å². The maximum Gasteiger partial charge on any atom is 0.304 e. The first-order chi connectivity index (χ1) is 16.4. The zero-order valence-electron chi connectivity index (χ0n) is 22.9. The predicted molar refractivity (Wildman–Crippen MR) is 127 cm³/mol. The molecule has 36 heavy (non-hydrogen) atoms. The first kappa shape index (κ1) is 29.0. The fraction of sp³-hybridized carbons (Fsp3) is 0.875. The molecule has 1 spiro atoms. The van der Waals surface area contributed by atoms with E-state index >= 15 is 0 Å². The Hall–Kier alpha value is -1.57. The second-order valence-corrected chi connectivity index (χ2v) is 16.4. The molecular weight excluding hydrogens is 492 g/mol. The SMILES string of the molecule is CC(=O)O[C@H]1C[C@@H](OC(C)=O)[C@@H](OC(C)=O)[C@@]2(O1)[C@@H](CO[Si](C)(C)C(C)(C)C)O[C@@H]1OC(C)(C)O[C@@H]12. The van der Waals surface area contributed by atoms with E-state index in [0.29, 0.717) is 0 Å². The third kappa shape index (κ3) is 5.78. The number of rotatable bonds is 6. The van der Waals surface area contributed by atoms with Gasteiger partial charge in [-0.15, -0.1) is 0 Å². The van der Waals surface area contributed by atoms with Gasteiger partial charge in [-0.3, -0.25) is 14.4 Å². The van der Waals surface area contributed by atoms with Crippen LogP contribution in [0.5, 0.6) is 0 Å². The van der Waals surface area contributed by atoms with Crippen LogP contribution in [0.15, 0.2) is 0 Å². The van der Waals surface area contributed by atoms with Crippen molar-refractivity contribution in [1.82, 2.24) is 0 Å². The van der Waals surface area contributed by atoms with Gasteiger partial charge in [0.25, 0.3) is 0 Å². The Bertz CT molecular complexity index is 867. The van der Waals surface area contributed by atoms with Gasteiger partial charge in [-0.1, -0.05) is 20.8 Å². The fourth-order valence-electron chi connectivity index (χ4n) is 4.62. The molecule has 0 aliphatic carbocycles. The molecule has 3 aliphatic heterocycles. The van der Waals surface area contributed by atoms with Crippen LogP contribution in [0.3, 0.4) is 0 Å². The lowest BCUT2D eigenvalue weighted by atomic mass is 9.80. The molecule has 0 radical (unpaired) electrons. The minimum absolute atomic E-state index is 0.0453. The summed E-state index contributed by atoms with van der Waals surface area (Å²) in [6, 6.07) is 0. The second-order valence-electron chi connectivity index (χ2n) is 11.5. The number of hydrogen-bond acceptors (Lipinski definition) is 11. The lowest BCUT2D eigenvalue weighted by Crippen LogP contribution is -2.70. The predicted octanol–water partition coefficient (Wildman–Crippen LogP) is 2.80. The van der Waals surface area contributed by atoms with Crippen molar-refractivity contribution in [2.24, 2.45) is 0 Å².